The normalized spacial score (nSPS) is 9.33. The van der Waals surface area contributed by atoms with Gasteiger partial charge in [-0.15, -0.1) is 0 Å². The van der Waals surface area contributed by atoms with Crippen molar-refractivity contribution in [2.45, 2.75) is 39.7 Å². The number of carbonyl (C=O) groups excluding carboxylic acids is 1. The fraction of sp³-hybridized carbons (Fsp3) is 0.636. The quantitative estimate of drug-likeness (QED) is 0.693. The summed E-state index contributed by atoms with van der Waals surface area (Å²) in [5.41, 5.74) is 0. The highest BCUT2D eigenvalue weighted by atomic mass is 16.4. The Morgan fingerprint density at radius 3 is 2.40 bits per heavy atom. The first-order valence-electron chi connectivity index (χ1n) is 4.94. The molecule has 4 nitrogen and oxygen atoms in total. The molecule has 0 bridgehead atoms. The average molecular weight is 211 g/mol. The van der Waals surface area contributed by atoms with Crippen LogP contribution in [0.15, 0.2) is 0 Å². The molecule has 1 amide bonds. The fourth-order valence-electron chi connectivity index (χ4n) is 1.17. The van der Waals surface area contributed by atoms with Gasteiger partial charge in [-0.1, -0.05) is 5.92 Å². The Labute approximate surface area is 90.3 Å². The smallest absolute Gasteiger partial charge is 0.303 e. The number of carbonyl (C=O) groups is 2. The first kappa shape index (κ1) is 13.5. The number of hydrogen-bond acceptors (Lipinski definition) is 2. The number of nitrogens with zero attached hydrogens (tertiary/aromatic N) is 1. The molecule has 0 aromatic heterocycles. The van der Waals surface area contributed by atoms with E-state index in [0.29, 0.717) is 13.0 Å². The van der Waals surface area contributed by atoms with Crippen molar-refractivity contribution in [3.05, 3.63) is 0 Å². The maximum atomic E-state index is 11.5. The summed E-state index contributed by atoms with van der Waals surface area (Å²) in [5.74, 6) is 3.92. The molecule has 0 spiro atoms. The highest BCUT2D eigenvalue weighted by Gasteiger charge is 2.14. The molecule has 0 saturated heterocycles. The van der Waals surface area contributed by atoms with Crippen LogP contribution in [0.25, 0.3) is 0 Å². The number of aliphatic carboxylic acids is 1. The van der Waals surface area contributed by atoms with Crippen molar-refractivity contribution in [2.75, 3.05) is 6.54 Å². The van der Waals surface area contributed by atoms with E-state index in [1.54, 1.807) is 11.8 Å². The number of amides is 1. The van der Waals surface area contributed by atoms with Gasteiger partial charge in [0, 0.05) is 19.0 Å². The molecule has 0 saturated carbocycles. The third kappa shape index (κ3) is 5.74. The fourth-order valence-corrected chi connectivity index (χ4v) is 1.17. The lowest BCUT2D eigenvalue weighted by Gasteiger charge is -2.24. The van der Waals surface area contributed by atoms with Gasteiger partial charge >= 0.3 is 5.97 Å². The van der Waals surface area contributed by atoms with Crippen LogP contribution >= 0.6 is 0 Å². The van der Waals surface area contributed by atoms with E-state index in [2.05, 4.69) is 11.8 Å². The highest BCUT2D eigenvalue weighted by Crippen LogP contribution is 2.02. The van der Waals surface area contributed by atoms with E-state index in [9.17, 15) is 9.59 Å². The van der Waals surface area contributed by atoms with Crippen LogP contribution in [0.1, 0.15) is 33.6 Å². The topological polar surface area (TPSA) is 57.6 Å². The predicted molar refractivity (Wildman–Crippen MR) is 57.2 cm³/mol. The Morgan fingerprint density at radius 2 is 2.00 bits per heavy atom. The van der Waals surface area contributed by atoms with Crippen molar-refractivity contribution in [1.82, 2.24) is 4.90 Å². The average Bonchev–Trinajstić information content (AvgIpc) is 2.11. The van der Waals surface area contributed by atoms with Crippen LogP contribution in [0, 0.1) is 11.8 Å². The Hall–Kier alpha value is -1.50. The van der Waals surface area contributed by atoms with E-state index < -0.39 is 5.97 Å². The van der Waals surface area contributed by atoms with E-state index in [0.717, 1.165) is 0 Å². The van der Waals surface area contributed by atoms with Crippen LogP contribution in [-0.4, -0.2) is 34.5 Å². The zero-order valence-corrected chi connectivity index (χ0v) is 9.41. The largest absolute Gasteiger partial charge is 0.481 e. The van der Waals surface area contributed by atoms with Crippen molar-refractivity contribution in [3.8, 4) is 11.8 Å². The van der Waals surface area contributed by atoms with Gasteiger partial charge in [0.15, 0.2) is 0 Å². The molecular weight excluding hydrogens is 194 g/mol. The molecule has 1 N–H and O–H groups in total. The predicted octanol–water partition coefficient (Wildman–Crippen LogP) is 1.11. The highest BCUT2D eigenvalue weighted by molar-refractivity contribution is 5.93. The second kappa shape index (κ2) is 6.88. The van der Waals surface area contributed by atoms with Gasteiger partial charge in [0.2, 0.25) is 0 Å². The molecule has 0 atom stereocenters. The maximum absolute atomic E-state index is 11.5. The Bertz CT molecular complexity index is 286. The maximum Gasteiger partial charge on any atom is 0.303 e. The molecule has 4 heteroatoms. The van der Waals surface area contributed by atoms with Crippen molar-refractivity contribution in [3.63, 3.8) is 0 Å². The minimum atomic E-state index is -0.840. The lowest BCUT2D eigenvalue weighted by Crippen LogP contribution is -2.37. The zero-order chi connectivity index (χ0) is 11.8. The van der Waals surface area contributed by atoms with Gasteiger partial charge in [0.1, 0.15) is 0 Å². The van der Waals surface area contributed by atoms with Crippen LogP contribution in [0.5, 0.6) is 0 Å². The van der Waals surface area contributed by atoms with Crippen LogP contribution < -0.4 is 0 Å². The van der Waals surface area contributed by atoms with Crippen LogP contribution in [-0.2, 0) is 9.59 Å². The first-order chi connectivity index (χ1) is 6.99. The van der Waals surface area contributed by atoms with Crippen LogP contribution in [0.2, 0.25) is 0 Å². The zero-order valence-electron chi connectivity index (χ0n) is 9.41. The Kier molecular flexibility index (Phi) is 6.19. The second-order valence-corrected chi connectivity index (χ2v) is 3.46. The lowest BCUT2D eigenvalue weighted by molar-refractivity contribution is -0.137. The molecule has 0 aliphatic heterocycles. The molecule has 0 aromatic carbocycles. The van der Waals surface area contributed by atoms with Crippen molar-refractivity contribution in [2.24, 2.45) is 0 Å². The molecular formula is C11H17NO3. The molecule has 0 rings (SSSR count). The van der Waals surface area contributed by atoms with E-state index in [1.807, 2.05) is 13.8 Å². The molecule has 0 unspecified atom stereocenters. The van der Waals surface area contributed by atoms with Gasteiger partial charge in [0.25, 0.3) is 5.91 Å². The third-order valence-corrected chi connectivity index (χ3v) is 1.91. The van der Waals surface area contributed by atoms with Crippen molar-refractivity contribution in [1.29, 1.82) is 0 Å². The molecule has 0 aliphatic carbocycles. The SMILES string of the molecule is CC#CC(=O)N(CCCC(=O)O)C(C)C. The van der Waals surface area contributed by atoms with Gasteiger partial charge in [-0.25, -0.2) is 0 Å². The van der Waals surface area contributed by atoms with Gasteiger partial charge in [-0.3, -0.25) is 9.59 Å². The Balaban J connectivity index is 4.21. The number of carboxylic acid groups (broad SMARTS) is 1. The third-order valence-electron chi connectivity index (χ3n) is 1.91. The van der Waals surface area contributed by atoms with Gasteiger partial charge in [0.05, 0.1) is 0 Å². The summed E-state index contributed by atoms with van der Waals surface area (Å²) < 4.78 is 0. The molecule has 0 aromatic rings. The van der Waals surface area contributed by atoms with Crippen molar-refractivity contribution < 1.29 is 14.7 Å². The summed E-state index contributed by atoms with van der Waals surface area (Å²) in [5, 5.41) is 8.48. The van der Waals surface area contributed by atoms with Gasteiger partial charge < -0.3 is 10.0 Å². The number of carboxylic acids is 1. The molecule has 0 aliphatic rings. The molecule has 0 fully saturated rings. The summed E-state index contributed by atoms with van der Waals surface area (Å²) in [6, 6.07) is 0.0483. The molecule has 84 valence electrons. The minimum absolute atomic E-state index is 0.0483. The summed E-state index contributed by atoms with van der Waals surface area (Å²) in [6.45, 7) is 5.82. The van der Waals surface area contributed by atoms with E-state index in [1.165, 1.54) is 0 Å². The van der Waals surface area contributed by atoms with E-state index in [-0.39, 0.29) is 18.4 Å². The summed E-state index contributed by atoms with van der Waals surface area (Å²) in [4.78, 5) is 23.4. The summed E-state index contributed by atoms with van der Waals surface area (Å²) in [6.07, 6.45) is 0.542. The van der Waals surface area contributed by atoms with E-state index >= 15 is 0 Å². The lowest BCUT2D eigenvalue weighted by atomic mass is 10.2. The molecule has 15 heavy (non-hydrogen) atoms. The monoisotopic (exact) mass is 211 g/mol. The first-order valence-corrected chi connectivity index (χ1v) is 4.94. The van der Waals surface area contributed by atoms with E-state index in [4.69, 9.17) is 5.11 Å². The second-order valence-electron chi connectivity index (χ2n) is 3.46. The molecule has 0 radical (unpaired) electrons. The standard InChI is InChI=1S/C11H17NO3/c1-4-6-10(13)12(9(2)3)8-5-7-11(14)15/h9H,5,7-8H2,1-3H3,(H,14,15). The number of hydrogen-bond donors (Lipinski definition) is 1. The Morgan fingerprint density at radius 1 is 1.40 bits per heavy atom. The van der Waals surface area contributed by atoms with Crippen molar-refractivity contribution >= 4 is 11.9 Å². The van der Waals surface area contributed by atoms with Gasteiger partial charge in [-0.05, 0) is 33.1 Å². The minimum Gasteiger partial charge on any atom is -0.481 e. The van der Waals surface area contributed by atoms with Crippen LogP contribution in [0.4, 0.5) is 0 Å². The van der Waals surface area contributed by atoms with Crippen LogP contribution in [0.3, 0.4) is 0 Å². The van der Waals surface area contributed by atoms with Gasteiger partial charge in [-0.2, -0.15) is 0 Å². The molecule has 0 heterocycles. The summed E-state index contributed by atoms with van der Waals surface area (Å²) in [7, 11) is 0. The number of rotatable bonds is 5. The summed E-state index contributed by atoms with van der Waals surface area (Å²) >= 11 is 0.